The molecule has 1 unspecified atom stereocenters. The van der Waals surface area contributed by atoms with Gasteiger partial charge in [-0.25, -0.2) is 4.98 Å². The van der Waals surface area contributed by atoms with Crippen LogP contribution in [0.5, 0.6) is 0 Å². The van der Waals surface area contributed by atoms with Crippen molar-refractivity contribution in [2.24, 2.45) is 0 Å². The van der Waals surface area contributed by atoms with Crippen molar-refractivity contribution in [2.45, 2.75) is 16.5 Å². The van der Waals surface area contributed by atoms with Crippen LogP contribution < -0.4 is 5.32 Å². The number of hydrogen-bond acceptors (Lipinski definition) is 7. The molecule has 124 valence electrons. The van der Waals surface area contributed by atoms with Gasteiger partial charge in [-0.3, -0.25) is 4.79 Å². The molecule has 0 radical (unpaired) electrons. The number of hydrogen-bond donors (Lipinski definition) is 1. The molecule has 1 aromatic carbocycles. The third-order valence-corrected chi connectivity index (χ3v) is 6.34. The molecule has 1 N–H and O–H groups in total. The highest BCUT2D eigenvalue weighted by Crippen LogP contribution is 2.31. The van der Waals surface area contributed by atoms with Gasteiger partial charge in [-0.15, -0.1) is 21.5 Å². The summed E-state index contributed by atoms with van der Waals surface area (Å²) in [4.78, 5) is 16.7. The maximum absolute atomic E-state index is 12.2. The van der Waals surface area contributed by atoms with Gasteiger partial charge in [0.15, 0.2) is 9.47 Å². The van der Waals surface area contributed by atoms with Crippen molar-refractivity contribution in [3.8, 4) is 11.3 Å². The standard InChI is InChI=1S/C14H10Cl2N4OS3/c1-7(24-14-20-17-6-23-14)12(21)19-13-18-11(5-22-13)8-2-3-9(15)10(16)4-8/h2-7H,1H3,(H,18,19,21). The van der Waals surface area contributed by atoms with E-state index >= 15 is 0 Å². The molecule has 2 heterocycles. The lowest BCUT2D eigenvalue weighted by atomic mass is 10.2. The van der Waals surface area contributed by atoms with Crippen LogP contribution in [-0.2, 0) is 4.79 Å². The molecular weight excluding hydrogens is 407 g/mol. The Balaban J connectivity index is 1.67. The molecule has 0 aliphatic rings. The Labute approximate surface area is 160 Å². The molecule has 0 bridgehead atoms. The highest BCUT2D eigenvalue weighted by Gasteiger charge is 2.18. The first kappa shape index (κ1) is 17.6. The number of carbonyl (C=O) groups excluding carboxylic acids is 1. The zero-order chi connectivity index (χ0) is 17.1. The Morgan fingerprint density at radius 1 is 1.29 bits per heavy atom. The summed E-state index contributed by atoms with van der Waals surface area (Å²) < 4.78 is 0.758. The number of anilines is 1. The fourth-order valence-electron chi connectivity index (χ4n) is 1.75. The van der Waals surface area contributed by atoms with Gasteiger partial charge >= 0.3 is 0 Å². The predicted octanol–water partition coefficient (Wildman–Crippen LogP) is 5.09. The topological polar surface area (TPSA) is 67.8 Å². The summed E-state index contributed by atoms with van der Waals surface area (Å²) in [5.41, 5.74) is 3.22. The minimum atomic E-state index is -0.296. The Hall–Kier alpha value is -1.19. The van der Waals surface area contributed by atoms with E-state index in [1.807, 2.05) is 18.4 Å². The number of amides is 1. The number of nitrogens with zero attached hydrogens (tertiary/aromatic N) is 3. The number of nitrogens with one attached hydrogen (secondary N) is 1. The second-order valence-electron chi connectivity index (χ2n) is 4.62. The first-order valence-corrected chi connectivity index (χ1v) is 10.1. The third kappa shape index (κ3) is 4.25. The van der Waals surface area contributed by atoms with Gasteiger partial charge in [0, 0.05) is 10.9 Å². The molecule has 5 nitrogen and oxygen atoms in total. The van der Waals surface area contributed by atoms with Crippen LogP contribution in [-0.4, -0.2) is 26.3 Å². The highest BCUT2D eigenvalue weighted by atomic mass is 35.5. The summed E-state index contributed by atoms with van der Waals surface area (Å²) in [6.45, 7) is 1.81. The second-order valence-corrected chi connectivity index (χ2v) is 8.71. The predicted molar refractivity (Wildman–Crippen MR) is 101 cm³/mol. The van der Waals surface area contributed by atoms with Gasteiger partial charge in [0.2, 0.25) is 5.91 Å². The van der Waals surface area contributed by atoms with E-state index in [0.29, 0.717) is 15.2 Å². The zero-order valence-electron chi connectivity index (χ0n) is 12.2. The number of benzene rings is 1. The number of thiazole rings is 1. The first-order valence-electron chi connectivity index (χ1n) is 6.67. The lowest BCUT2D eigenvalue weighted by molar-refractivity contribution is -0.115. The third-order valence-electron chi connectivity index (χ3n) is 2.94. The summed E-state index contributed by atoms with van der Waals surface area (Å²) in [5.74, 6) is -0.134. The summed E-state index contributed by atoms with van der Waals surface area (Å²) in [7, 11) is 0. The van der Waals surface area contributed by atoms with Gasteiger partial charge in [-0.2, -0.15) is 0 Å². The van der Waals surface area contributed by atoms with Crippen LogP contribution in [0.15, 0.2) is 33.4 Å². The number of aromatic nitrogens is 3. The summed E-state index contributed by atoms with van der Waals surface area (Å²) in [6, 6.07) is 5.30. The van der Waals surface area contributed by atoms with Crippen molar-refractivity contribution in [3.05, 3.63) is 39.1 Å². The van der Waals surface area contributed by atoms with Crippen molar-refractivity contribution < 1.29 is 4.79 Å². The molecular formula is C14H10Cl2N4OS3. The molecule has 0 aliphatic heterocycles. The molecule has 3 aromatic rings. The maximum atomic E-state index is 12.2. The van der Waals surface area contributed by atoms with Gasteiger partial charge < -0.3 is 5.32 Å². The number of rotatable bonds is 5. The Bertz CT molecular complexity index is 854. The fraction of sp³-hybridized carbons (Fsp3) is 0.143. The Morgan fingerprint density at radius 3 is 2.83 bits per heavy atom. The van der Waals surface area contributed by atoms with Crippen LogP contribution in [0.1, 0.15) is 6.92 Å². The molecule has 0 fully saturated rings. The normalized spacial score (nSPS) is 12.1. The molecule has 0 spiro atoms. The van der Waals surface area contributed by atoms with Crippen molar-refractivity contribution in [2.75, 3.05) is 5.32 Å². The average Bonchev–Trinajstić information content (AvgIpc) is 3.22. The number of thioether (sulfide) groups is 1. The van der Waals surface area contributed by atoms with Crippen LogP contribution in [0.25, 0.3) is 11.3 Å². The van der Waals surface area contributed by atoms with E-state index in [9.17, 15) is 4.79 Å². The highest BCUT2D eigenvalue weighted by molar-refractivity contribution is 8.02. The smallest absolute Gasteiger partial charge is 0.239 e. The largest absolute Gasteiger partial charge is 0.301 e. The molecule has 0 aliphatic carbocycles. The molecule has 0 saturated carbocycles. The number of halogens is 2. The van der Waals surface area contributed by atoms with E-state index in [0.717, 1.165) is 15.6 Å². The lowest BCUT2D eigenvalue weighted by Crippen LogP contribution is -2.22. The Morgan fingerprint density at radius 2 is 2.12 bits per heavy atom. The van der Waals surface area contributed by atoms with Crippen LogP contribution in [0.4, 0.5) is 5.13 Å². The summed E-state index contributed by atoms with van der Waals surface area (Å²) in [5, 5.41) is 13.5. The van der Waals surface area contributed by atoms with Gasteiger partial charge in [0.05, 0.1) is 21.0 Å². The average molecular weight is 417 g/mol. The SMILES string of the molecule is CC(Sc1nncs1)C(=O)Nc1nc(-c2ccc(Cl)c(Cl)c2)cs1. The minimum Gasteiger partial charge on any atom is -0.301 e. The second kappa shape index (κ2) is 7.79. The molecule has 3 rings (SSSR count). The van der Waals surface area contributed by atoms with Gasteiger partial charge in [-0.05, 0) is 19.1 Å². The van der Waals surface area contributed by atoms with Crippen LogP contribution >= 0.6 is 57.6 Å². The Kier molecular flexibility index (Phi) is 5.72. The lowest BCUT2D eigenvalue weighted by Gasteiger charge is -2.07. The van der Waals surface area contributed by atoms with Gasteiger partial charge in [0.25, 0.3) is 0 Å². The van der Waals surface area contributed by atoms with E-state index in [4.69, 9.17) is 23.2 Å². The van der Waals surface area contributed by atoms with E-state index in [1.165, 1.54) is 34.4 Å². The van der Waals surface area contributed by atoms with E-state index in [-0.39, 0.29) is 11.2 Å². The van der Waals surface area contributed by atoms with Crippen molar-refractivity contribution in [1.82, 2.24) is 15.2 Å². The summed E-state index contributed by atoms with van der Waals surface area (Å²) in [6.07, 6.45) is 0. The quantitative estimate of drug-likeness (QED) is 0.586. The van der Waals surface area contributed by atoms with E-state index in [1.54, 1.807) is 17.6 Å². The number of carbonyl (C=O) groups is 1. The minimum absolute atomic E-state index is 0.134. The van der Waals surface area contributed by atoms with Crippen molar-refractivity contribution in [1.29, 1.82) is 0 Å². The molecule has 2 aromatic heterocycles. The van der Waals surface area contributed by atoms with Crippen molar-refractivity contribution in [3.63, 3.8) is 0 Å². The monoisotopic (exact) mass is 416 g/mol. The zero-order valence-corrected chi connectivity index (χ0v) is 16.2. The van der Waals surface area contributed by atoms with Crippen LogP contribution in [0, 0.1) is 0 Å². The molecule has 1 atom stereocenters. The maximum Gasteiger partial charge on any atom is 0.239 e. The molecule has 24 heavy (non-hydrogen) atoms. The first-order chi connectivity index (χ1) is 11.5. The van der Waals surface area contributed by atoms with E-state index in [2.05, 4.69) is 20.5 Å². The van der Waals surface area contributed by atoms with Gasteiger partial charge in [0.1, 0.15) is 5.51 Å². The van der Waals surface area contributed by atoms with Gasteiger partial charge in [-0.1, -0.05) is 52.4 Å². The van der Waals surface area contributed by atoms with E-state index < -0.39 is 0 Å². The fourth-order valence-corrected chi connectivity index (χ4v) is 4.39. The summed E-state index contributed by atoms with van der Waals surface area (Å²) >= 11 is 16.1. The molecule has 1 amide bonds. The van der Waals surface area contributed by atoms with Crippen LogP contribution in [0.2, 0.25) is 10.0 Å². The molecule has 0 saturated heterocycles. The van der Waals surface area contributed by atoms with Crippen LogP contribution in [0.3, 0.4) is 0 Å². The molecule has 10 heteroatoms. The van der Waals surface area contributed by atoms with Crippen molar-refractivity contribution >= 4 is 68.7 Å².